The number of fused-ring (bicyclic) bond motifs is 1. The van der Waals surface area contributed by atoms with Gasteiger partial charge >= 0.3 is 0 Å². The van der Waals surface area contributed by atoms with E-state index in [1.807, 2.05) is 36.0 Å². The summed E-state index contributed by atoms with van der Waals surface area (Å²) >= 11 is 8.08. The molecule has 0 amide bonds. The average molecular weight is 276 g/mol. The zero-order chi connectivity index (χ0) is 12.4. The first kappa shape index (κ1) is 11.9. The van der Waals surface area contributed by atoms with Crippen molar-refractivity contribution in [1.82, 2.24) is 0 Å². The fourth-order valence-electron chi connectivity index (χ4n) is 2.24. The highest BCUT2D eigenvalue weighted by atomic mass is 35.5. The Kier molecular flexibility index (Phi) is 3.48. The molecule has 3 rings (SSSR count). The summed E-state index contributed by atoms with van der Waals surface area (Å²) in [6.45, 7) is 0.938. The van der Waals surface area contributed by atoms with Gasteiger partial charge in [0.2, 0.25) is 0 Å². The van der Waals surface area contributed by atoms with Crippen LogP contribution in [0.3, 0.4) is 0 Å². The third-order valence-electron chi connectivity index (χ3n) is 3.21. The van der Waals surface area contributed by atoms with E-state index in [1.165, 1.54) is 10.5 Å². The van der Waals surface area contributed by atoms with Gasteiger partial charge in [0.25, 0.3) is 0 Å². The van der Waals surface area contributed by atoms with E-state index < -0.39 is 0 Å². The number of hydrogen-bond donors (Lipinski definition) is 1. The summed E-state index contributed by atoms with van der Waals surface area (Å²) in [5.74, 6) is 1.72. The molecule has 1 aliphatic heterocycles. The minimum Gasteiger partial charge on any atom is -0.383 e. The number of anilines is 1. The van der Waals surface area contributed by atoms with Crippen molar-refractivity contribution < 1.29 is 0 Å². The first-order valence-corrected chi connectivity index (χ1v) is 7.41. The van der Waals surface area contributed by atoms with Crippen LogP contribution in [0.2, 0.25) is 5.02 Å². The van der Waals surface area contributed by atoms with E-state index in [9.17, 15) is 0 Å². The standard InChI is InChI=1S/C15H14ClNS/c16-13-6-2-3-7-14(13)17-9-11-10-18-15-8-4-1-5-12(11)15/h1-8,11,17H,9-10H2. The van der Waals surface area contributed by atoms with Crippen LogP contribution in [0.5, 0.6) is 0 Å². The first-order chi connectivity index (χ1) is 8.84. The normalized spacial score (nSPS) is 17.5. The molecule has 0 saturated heterocycles. The van der Waals surface area contributed by atoms with Crippen LogP contribution in [0.4, 0.5) is 5.69 Å². The van der Waals surface area contributed by atoms with E-state index in [0.29, 0.717) is 5.92 Å². The molecule has 1 unspecified atom stereocenters. The van der Waals surface area contributed by atoms with E-state index in [1.54, 1.807) is 0 Å². The number of benzene rings is 2. The lowest BCUT2D eigenvalue weighted by molar-refractivity contribution is 0.819. The second-order valence-electron chi connectivity index (χ2n) is 4.41. The highest BCUT2D eigenvalue weighted by Gasteiger charge is 2.22. The highest BCUT2D eigenvalue weighted by Crippen LogP contribution is 2.39. The molecule has 0 aromatic heterocycles. The van der Waals surface area contributed by atoms with Crippen LogP contribution < -0.4 is 5.32 Å². The van der Waals surface area contributed by atoms with Gasteiger partial charge in [0.1, 0.15) is 0 Å². The predicted molar refractivity (Wildman–Crippen MR) is 79.8 cm³/mol. The third kappa shape index (κ3) is 2.36. The molecule has 0 saturated carbocycles. The Labute approximate surface area is 117 Å². The van der Waals surface area contributed by atoms with Crippen LogP contribution in [-0.4, -0.2) is 12.3 Å². The van der Waals surface area contributed by atoms with Gasteiger partial charge in [-0.25, -0.2) is 0 Å². The smallest absolute Gasteiger partial charge is 0.0637 e. The Morgan fingerprint density at radius 3 is 2.78 bits per heavy atom. The van der Waals surface area contributed by atoms with E-state index in [-0.39, 0.29) is 0 Å². The molecule has 0 aliphatic carbocycles. The quantitative estimate of drug-likeness (QED) is 0.876. The predicted octanol–water partition coefficient (Wildman–Crippen LogP) is 4.64. The van der Waals surface area contributed by atoms with Gasteiger partial charge in [-0.1, -0.05) is 41.9 Å². The molecule has 92 valence electrons. The maximum absolute atomic E-state index is 6.14. The van der Waals surface area contributed by atoms with Crippen molar-refractivity contribution in [2.75, 3.05) is 17.6 Å². The van der Waals surface area contributed by atoms with E-state index >= 15 is 0 Å². The summed E-state index contributed by atoms with van der Waals surface area (Å²) in [5, 5.41) is 4.24. The van der Waals surface area contributed by atoms with Crippen molar-refractivity contribution in [3.63, 3.8) is 0 Å². The lowest BCUT2D eigenvalue weighted by atomic mass is 10.0. The molecule has 2 aromatic carbocycles. The molecule has 1 nitrogen and oxygen atoms in total. The Hall–Kier alpha value is -1.12. The van der Waals surface area contributed by atoms with Crippen molar-refractivity contribution in [1.29, 1.82) is 0 Å². The number of hydrogen-bond acceptors (Lipinski definition) is 2. The summed E-state index contributed by atoms with van der Waals surface area (Å²) in [7, 11) is 0. The number of rotatable bonds is 3. The molecule has 1 heterocycles. The maximum atomic E-state index is 6.14. The molecule has 1 aliphatic rings. The van der Waals surface area contributed by atoms with Crippen LogP contribution in [0.15, 0.2) is 53.4 Å². The van der Waals surface area contributed by atoms with Gasteiger partial charge in [-0.2, -0.15) is 0 Å². The number of halogens is 1. The molecule has 0 spiro atoms. The minimum absolute atomic E-state index is 0.572. The van der Waals surface area contributed by atoms with E-state index in [2.05, 4.69) is 29.6 Å². The highest BCUT2D eigenvalue weighted by molar-refractivity contribution is 7.99. The van der Waals surface area contributed by atoms with Crippen LogP contribution in [0, 0.1) is 0 Å². The van der Waals surface area contributed by atoms with E-state index in [0.717, 1.165) is 23.0 Å². The third-order valence-corrected chi connectivity index (χ3v) is 4.79. The molecule has 3 heteroatoms. The van der Waals surface area contributed by atoms with Gasteiger partial charge in [-0.3, -0.25) is 0 Å². The van der Waals surface area contributed by atoms with Crippen molar-refractivity contribution in [2.45, 2.75) is 10.8 Å². The molecule has 0 bridgehead atoms. The monoisotopic (exact) mass is 275 g/mol. The van der Waals surface area contributed by atoms with Crippen molar-refractivity contribution in [2.24, 2.45) is 0 Å². The number of nitrogens with one attached hydrogen (secondary N) is 1. The first-order valence-electron chi connectivity index (χ1n) is 6.05. The Morgan fingerprint density at radius 1 is 1.11 bits per heavy atom. The molecule has 2 aromatic rings. The molecule has 0 fully saturated rings. The zero-order valence-corrected chi connectivity index (χ0v) is 11.5. The summed E-state index contributed by atoms with van der Waals surface area (Å²) < 4.78 is 0. The van der Waals surface area contributed by atoms with Crippen LogP contribution >= 0.6 is 23.4 Å². The zero-order valence-electron chi connectivity index (χ0n) is 9.90. The van der Waals surface area contributed by atoms with Crippen molar-refractivity contribution >= 4 is 29.1 Å². The molecule has 18 heavy (non-hydrogen) atoms. The fourth-order valence-corrected chi connectivity index (χ4v) is 3.69. The van der Waals surface area contributed by atoms with Gasteiger partial charge in [0, 0.05) is 23.1 Å². The van der Waals surface area contributed by atoms with Crippen LogP contribution in [0.25, 0.3) is 0 Å². The van der Waals surface area contributed by atoms with Gasteiger partial charge in [-0.05, 0) is 23.8 Å². The van der Waals surface area contributed by atoms with E-state index in [4.69, 9.17) is 11.6 Å². The largest absolute Gasteiger partial charge is 0.383 e. The fraction of sp³-hybridized carbons (Fsp3) is 0.200. The summed E-state index contributed by atoms with van der Waals surface area (Å²) in [5.41, 5.74) is 2.48. The Balaban J connectivity index is 1.71. The van der Waals surface area contributed by atoms with Crippen molar-refractivity contribution in [3.05, 3.63) is 59.1 Å². The van der Waals surface area contributed by atoms with Gasteiger partial charge in [0.15, 0.2) is 0 Å². The molecular formula is C15H14ClNS. The summed E-state index contributed by atoms with van der Waals surface area (Å²) in [4.78, 5) is 1.42. The van der Waals surface area contributed by atoms with Crippen molar-refractivity contribution in [3.8, 4) is 0 Å². The summed E-state index contributed by atoms with van der Waals surface area (Å²) in [6, 6.07) is 16.6. The Bertz CT molecular complexity index is 556. The Morgan fingerprint density at radius 2 is 1.89 bits per heavy atom. The van der Waals surface area contributed by atoms with Crippen LogP contribution in [0.1, 0.15) is 11.5 Å². The maximum Gasteiger partial charge on any atom is 0.0637 e. The van der Waals surface area contributed by atoms with Crippen LogP contribution in [-0.2, 0) is 0 Å². The second-order valence-corrected chi connectivity index (χ2v) is 5.88. The molecule has 1 atom stereocenters. The molecule has 0 radical (unpaired) electrons. The lowest BCUT2D eigenvalue weighted by Crippen LogP contribution is -2.12. The average Bonchev–Trinajstić information content (AvgIpc) is 2.81. The lowest BCUT2D eigenvalue weighted by Gasteiger charge is -2.14. The molecule has 1 N–H and O–H groups in total. The topological polar surface area (TPSA) is 12.0 Å². The second kappa shape index (κ2) is 5.25. The summed E-state index contributed by atoms with van der Waals surface area (Å²) in [6.07, 6.45) is 0. The minimum atomic E-state index is 0.572. The molecular weight excluding hydrogens is 262 g/mol. The number of para-hydroxylation sites is 1. The van der Waals surface area contributed by atoms with Gasteiger partial charge in [-0.15, -0.1) is 11.8 Å². The van der Waals surface area contributed by atoms with Gasteiger partial charge < -0.3 is 5.32 Å². The number of thioether (sulfide) groups is 1. The van der Waals surface area contributed by atoms with Gasteiger partial charge in [0.05, 0.1) is 10.7 Å². The SMILES string of the molecule is Clc1ccccc1NCC1CSc2ccccc21.